The number of rotatable bonds is 2. The van der Waals surface area contributed by atoms with Crippen LogP contribution in [0.3, 0.4) is 0 Å². The van der Waals surface area contributed by atoms with Crippen LogP contribution in [0.15, 0.2) is 45.6 Å². The maximum Gasteiger partial charge on any atom is 0.240 e. The Bertz CT molecular complexity index is 724. The molecule has 3 rings (SSSR count). The van der Waals surface area contributed by atoms with Crippen molar-refractivity contribution < 1.29 is 8.83 Å². The molecule has 0 unspecified atom stereocenters. The number of para-hydroxylation sites is 1. The summed E-state index contributed by atoms with van der Waals surface area (Å²) in [6, 6.07) is 9.30. The molecule has 2 aromatic heterocycles. The van der Waals surface area contributed by atoms with E-state index in [1.807, 2.05) is 24.3 Å². The molecule has 7 heteroatoms. The van der Waals surface area contributed by atoms with Crippen molar-refractivity contribution >= 4 is 57.4 Å². The van der Waals surface area contributed by atoms with E-state index in [9.17, 15) is 0 Å². The molecule has 3 aromatic rings. The van der Waals surface area contributed by atoms with Crippen LogP contribution in [-0.2, 0) is 0 Å². The summed E-state index contributed by atoms with van der Waals surface area (Å²) in [4.78, 5) is 0. The Kier molecular flexibility index (Phi) is 3.46. The Labute approximate surface area is 128 Å². The van der Waals surface area contributed by atoms with Crippen molar-refractivity contribution in [2.45, 2.75) is 3.79 Å². The lowest BCUT2D eigenvalue weighted by atomic mass is 10.2. The van der Waals surface area contributed by atoms with E-state index in [4.69, 9.17) is 43.6 Å². The number of allylic oxidation sites excluding steroid dienone is 1. The fraction of sp³-hybridized carbons (Fsp3) is 0.0769. The second-order valence-electron chi connectivity index (χ2n) is 3.98. The van der Waals surface area contributed by atoms with E-state index >= 15 is 0 Å². The van der Waals surface area contributed by atoms with E-state index in [-0.39, 0.29) is 5.89 Å². The van der Waals surface area contributed by atoms with Crippen LogP contribution in [0.1, 0.15) is 11.7 Å². The molecule has 4 nitrogen and oxygen atoms in total. The molecule has 0 N–H and O–H groups in total. The van der Waals surface area contributed by atoms with Crippen molar-refractivity contribution in [2.75, 3.05) is 0 Å². The predicted octanol–water partition coefficient (Wildman–Crippen LogP) is 4.73. The van der Waals surface area contributed by atoms with Gasteiger partial charge in [-0.3, -0.25) is 0 Å². The highest BCUT2D eigenvalue weighted by molar-refractivity contribution is 6.73. The number of benzene rings is 1. The van der Waals surface area contributed by atoms with Gasteiger partial charge in [0.15, 0.2) is 0 Å². The van der Waals surface area contributed by atoms with E-state index in [1.54, 1.807) is 6.07 Å². The van der Waals surface area contributed by atoms with Gasteiger partial charge >= 0.3 is 0 Å². The molecule has 0 saturated heterocycles. The Morgan fingerprint density at radius 1 is 1.20 bits per heavy atom. The number of furan rings is 1. The van der Waals surface area contributed by atoms with E-state index in [0.29, 0.717) is 16.9 Å². The molecule has 0 aliphatic carbocycles. The minimum absolute atomic E-state index is 0.229. The minimum atomic E-state index is -1.68. The van der Waals surface area contributed by atoms with E-state index in [1.165, 1.54) is 12.5 Å². The first-order valence-electron chi connectivity index (χ1n) is 5.58. The zero-order chi connectivity index (χ0) is 14.2. The number of hydrogen-bond donors (Lipinski definition) is 0. The second-order valence-corrected chi connectivity index (χ2v) is 6.26. The molecule has 0 atom stereocenters. The zero-order valence-electron chi connectivity index (χ0n) is 9.89. The minimum Gasteiger partial charge on any atom is -0.456 e. The fourth-order valence-electron chi connectivity index (χ4n) is 1.78. The van der Waals surface area contributed by atoms with Gasteiger partial charge in [0.1, 0.15) is 11.3 Å². The van der Waals surface area contributed by atoms with Gasteiger partial charge in [-0.2, -0.15) is 0 Å². The fourth-order valence-corrected chi connectivity index (χ4v) is 2.22. The Hall–Kier alpha value is -1.49. The number of fused-ring (bicyclic) bond motifs is 1. The van der Waals surface area contributed by atoms with E-state index in [2.05, 4.69) is 10.2 Å². The van der Waals surface area contributed by atoms with E-state index in [0.717, 1.165) is 5.39 Å². The number of hydrogen-bond acceptors (Lipinski definition) is 4. The van der Waals surface area contributed by atoms with Gasteiger partial charge in [0.05, 0.1) is 5.57 Å². The van der Waals surface area contributed by atoms with Crippen LogP contribution < -0.4 is 0 Å². The molecule has 0 saturated carbocycles. The monoisotopic (exact) mass is 328 g/mol. The molecule has 0 spiro atoms. The van der Waals surface area contributed by atoms with Crippen molar-refractivity contribution in [3.63, 3.8) is 0 Å². The molecule has 0 bridgehead atoms. The van der Waals surface area contributed by atoms with Crippen molar-refractivity contribution in [3.05, 3.63) is 48.4 Å². The number of alkyl halides is 3. The summed E-state index contributed by atoms with van der Waals surface area (Å²) in [5.74, 6) is 0.663. The standard InChI is InChI=1S/C13H7Cl3N2O2/c14-13(15,16)9(6-12-18-17-7-19-12)11-5-8-3-1-2-4-10(8)20-11/h1-7H. The summed E-state index contributed by atoms with van der Waals surface area (Å²) in [7, 11) is 0. The topological polar surface area (TPSA) is 52.1 Å². The van der Waals surface area contributed by atoms with Gasteiger partial charge in [0.2, 0.25) is 16.1 Å². The van der Waals surface area contributed by atoms with Gasteiger partial charge in [-0.15, -0.1) is 10.2 Å². The lowest BCUT2D eigenvalue weighted by molar-refractivity contribution is 0.542. The summed E-state index contributed by atoms with van der Waals surface area (Å²) >= 11 is 18.0. The second kappa shape index (κ2) is 5.13. The van der Waals surface area contributed by atoms with Crippen molar-refractivity contribution in [3.8, 4) is 0 Å². The number of aromatic nitrogens is 2. The molecule has 0 aliphatic rings. The maximum absolute atomic E-state index is 5.99. The average Bonchev–Trinajstić information content (AvgIpc) is 3.03. The first-order valence-corrected chi connectivity index (χ1v) is 6.71. The Balaban J connectivity index is 2.14. The maximum atomic E-state index is 5.99. The van der Waals surface area contributed by atoms with Gasteiger partial charge in [0, 0.05) is 11.5 Å². The van der Waals surface area contributed by atoms with Crippen molar-refractivity contribution in [2.24, 2.45) is 0 Å². The molecule has 102 valence electrons. The first-order chi connectivity index (χ1) is 9.54. The molecule has 20 heavy (non-hydrogen) atoms. The molecule has 1 aromatic carbocycles. The lowest BCUT2D eigenvalue weighted by Gasteiger charge is -2.12. The molecular formula is C13H7Cl3N2O2. The van der Waals surface area contributed by atoms with Crippen LogP contribution in [0, 0.1) is 0 Å². The average molecular weight is 330 g/mol. The summed E-state index contributed by atoms with van der Waals surface area (Å²) in [6.45, 7) is 0. The van der Waals surface area contributed by atoms with Crippen LogP contribution in [0.5, 0.6) is 0 Å². The van der Waals surface area contributed by atoms with Crippen LogP contribution in [0.25, 0.3) is 22.6 Å². The third-order valence-corrected chi connectivity index (χ3v) is 3.25. The third kappa shape index (κ3) is 2.68. The molecule has 0 aliphatic heterocycles. The molecule has 0 amide bonds. The predicted molar refractivity (Wildman–Crippen MR) is 78.7 cm³/mol. The highest BCUT2D eigenvalue weighted by atomic mass is 35.6. The van der Waals surface area contributed by atoms with Gasteiger partial charge in [-0.1, -0.05) is 53.0 Å². The largest absolute Gasteiger partial charge is 0.456 e. The van der Waals surface area contributed by atoms with Gasteiger partial charge in [-0.25, -0.2) is 0 Å². The van der Waals surface area contributed by atoms with Crippen molar-refractivity contribution in [1.82, 2.24) is 10.2 Å². The normalized spacial score (nSPS) is 13.1. The third-order valence-electron chi connectivity index (χ3n) is 2.64. The molecule has 0 fully saturated rings. The van der Waals surface area contributed by atoms with Crippen LogP contribution in [0.4, 0.5) is 0 Å². The first kappa shape index (κ1) is 13.5. The Morgan fingerprint density at radius 2 is 2.00 bits per heavy atom. The summed E-state index contributed by atoms with van der Waals surface area (Å²) in [5, 5.41) is 8.22. The molecular weight excluding hydrogens is 323 g/mol. The smallest absolute Gasteiger partial charge is 0.240 e. The number of halogens is 3. The van der Waals surface area contributed by atoms with Crippen molar-refractivity contribution in [1.29, 1.82) is 0 Å². The van der Waals surface area contributed by atoms with Crippen LogP contribution in [-0.4, -0.2) is 14.0 Å². The SMILES string of the molecule is ClC(Cl)(Cl)C(=Cc1nnco1)c1cc2ccccc2o1. The molecule has 0 radical (unpaired) electrons. The summed E-state index contributed by atoms with van der Waals surface area (Å²) < 4.78 is 9.05. The highest BCUT2D eigenvalue weighted by Crippen LogP contribution is 2.43. The van der Waals surface area contributed by atoms with Gasteiger partial charge in [-0.05, 0) is 12.1 Å². The highest BCUT2D eigenvalue weighted by Gasteiger charge is 2.30. The van der Waals surface area contributed by atoms with Gasteiger partial charge in [0.25, 0.3) is 0 Å². The summed E-state index contributed by atoms with van der Waals surface area (Å²) in [5.41, 5.74) is 1.02. The summed E-state index contributed by atoms with van der Waals surface area (Å²) in [6.07, 6.45) is 2.68. The van der Waals surface area contributed by atoms with E-state index < -0.39 is 3.79 Å². The quantitative estimate of drug-likeness (QED) is 0.638. The zero-order valence-corrected chi connectivity index (χ0v) is 12.2. The van der Waals surface area contributed by atoms with Gasteiger partial charge < -0.3 is 8.83 Å². The number of nitrogens with zero attached hydrogens (tertiary/aromatic N) is 2. The lowest BCUT2D eigenvalue weighted by Crippen LogP contribution is -2.05. The molecule has 2 heterocycles. The van der Waals surface area contributed by atoms with Crippen LogP contribution >= 0.6 is 34.8 Å². The Morgan fingerprint density at radius 3 is 2.65 bits per heavy atom. The van der Waals surface area contributed by atoms with Crippen LogP contribution in [0.2, 0.25) is 0 Å².